The summed E-state index contributed by atoms with van der Waals surface area (Å²) in [5, 5.41) is 0. The Labute approximate surface area is 169 Å². The quantitative estimate of drug-likeness (QED) is 0.501. The molecule has 0 saturated carbocycles. The van der Waals surface area contributed by atoms with Crippen LogP contribution in [0, 0.1) is 19.7 Å². The van der Waals surface area contributed by atoms with E-state index >= 15 is 0 Å². The third-order valence-electron chi connectivity index (χ3n) is 5.73. The molecule has 0 saturated heterocycles. The zero-order valence-corrected chi connectivity index (χ0v) is 16.6. The number of benzene rings is 2. The van der Waals surface area contributed by atoms with E-state index in [9.17, 15) is 4.39 Å². The molecule has 4 nitrogen and oxygen atoms in total. The molecule has 0 aliphatic carbocycles. The van der Waals surface area contributed by atoms with Crippen LogP contribution < -0.4 is 4.74 Å². The number of rotatable bonds is 4. The van der Waals surface area contributed by atoms with Crippen molar-refractivity contribution < 1.29 is 9.13 Å². The van der Waals surface area contributed by atoms with E-state index in [0.717, 1.165) is 51.5 Å². The van der Waals surface area contributed by atoms with E-state index in [1.165, 1.54) is 11.6 Å². The Morgan fingerprint density at radius 3 is 2.69 bits per heavy atom. The second kappa shape index (κ2) is 6.99. The number of hydrogen-bond acceptors (Lipinski definition) is 3. The highest BCUT2D eigenvalue weighted by atomic mass is 19.1. The van der Waals surface area contributed by atoms with Crippen LogP contribution in [0.1, 0.15) is 28.2 Å². The van der Waals surface area contributed by atoms with Gasteiger partial charge in [0.15, 0.2) is 0 Å². The summed E-state index contributed by atoms with van der Waals surface area (Å²) in [5.74, 6) is 1.53. The minimum absolute atomic E-state index is 0.163. The first-order valence-corrected chi connectivity index (χ1v) is 9.93. The molecule has 0 unspecified atom stereocenters. The Kier molecular flexibility index (Phi) is 4.31. The molecular weight excluding hydrogens is 365 g/mol. The summed E-state index contributed by atoms with van der Waals surface area (Å²) in [7, 11) is 0. The van der Waals surface area contributed by atoms with E-state index in [1.54, 1.807) is 6.07 Å². The summed E-state index contributed by atoms with van der Waals surface area (Å²) in [4.78, 5) is 9.25. The van der Waals surface area contributed by atoms with Gasteiger partial charge in [0.05, 0.1) is 17.8 Å². The van der Waals surface area contributed by atoms with Crippen LogP contribution in [0.25, 0.3) is 16.6 Å². The fourth-order valence-electron chi connectivity index (χ4n) is 4.17. The molecule has 0 amide bonds. The number of aromatic nitrogens is 3. The fourth-order valence-corrected chi connectivity index (χ4v) is 4.17. The lowest BCUT2D eigenvalue weighted by Crippen LogP contribution is -2.06. The molecule has 1 aliphatic rings. The van der Waals surface area contributed by atoms with Crippen LogP contribution >= 0.6 is 0 Å². The molecule has 0 radical (unpaired) electrons. The second-order valence-corrected chi connectivity index (χ2v) is 7.60. The first kappa shape index (κ1) is 17.9. The van der Waals surface area contributed by atoms with Gasteiger partial charge in [-0.1, -0.05) is 29.8 Å². The van der Waals surface area contributed by atoms with Gasteiger partial charge < -0.3 is 4.74 Å². The zero-order chi connectivity index (χ0) is 20.0. The van der Waals surface area contributed by atoms with E-state index in [2.05, 4.69) is 36.2 Å². The van der Waals surface area contributed by atoms with Crippen LogP contribution in [0.5, 0.6) is 5.75 Å². The number of aryl methyl sites for hydroxylation is 3. The van der Waals surface area contributed by atoms with Crippen LogP contribution in [-0.4, -0.2) is 21.0 Å². The van der Waals surface area contributed by atoms with E-state index in [4.69, 9.17) is 9.72 Å². The zero-order valence-electron chi connectivity index (χ0n) is 16.6. The average Bonchev–Trinajstić information content (AvgIpc) is 3.35. The number of nitrogens with zero attached hydrogens (tertiary/aromatic N) is 3. The standard InChI is InChI=1S/C24H22FN3O/c1-15-3-5-17(6-4-15)20-13-26-23(28-14-27-16(2)24(20)28)10-7-18-19-11-12-29-22(19)9-8-21(18)25/h3-6,8-9,13-14H,7,10-12H2,1-2H3. The molecule has 1 aliphatic heterocycles. The maximum atomic E-state index is 14.5. The van der Waals surface area contributed by atoms with Crippen molar-refractivity contribution in [3.63, 3.8) is 0 Å². The largest absolute Gasteiger partial charge is 0.493 e. The summed E-state index contributed by atoms with van der Waals surface area (Å²) in [5.41, 5.74) is 7.16. The molecule has 0 fully saturated rings. The summed E-state index contributed by atoms with van der Waals surface area (Å²) >= 11 is 0. The van der Waals surface area contributed by atoms with E-state index < -0.39 is 0 Å². The molecule has 2 aromatic carbocycles. The van der Waals surface area contributed by atoms with Gasteiger partial charge in [-0.15, -0.1) is 0 Å². The Hall–Kier alpha value is -3.21. The summed E-state index contributed by atoms with van der Waals surface area (Å²) < 4.78 is 22.1. The van der Waals surface area contributed by atoms with Crippen LogP contribution in [0.15, 0.2) is 48.9 Å². The summed E-state index contributed by atoms with van der Waals surface area (Å²) in [6.07, 6.45) is 5.72. The SMILES string of the molecule is Cc1ccc(-c2cnc(CCc3c(F)ccc4c3CCO4)n3cnc(C)c23)cc1. The number of imidazole rings is 1. The van der Waals surface area contributed by atoms with Crippen molar-refractivity contribution in [1.29, 1.82) is 0 Å². The van der Waals surface area contributed by atoms with Gasteiger partial charge in [0.1, 0.15) is 23.7 Å². The van der Waals surface area contributed by atoms with Gasteiger partial charge in [0.2, 0.25) is 0 Å². The smallest absolute Gasteiger partial charge is 0.126 e. The number of halogens is 1. The highest BCUT2D eigenvalue weighted by Crippen LogP contribution is 2.31. The van der Waals surface area contributed by atoms with Crippen molar-refractivity contribution in [3.05, 3.63) is 82.9 Å². The fraction of sp³-hybridized carbons (Fsp3) is 0.250. The predicted molar refractivity (Wildman–Crippen MR) is 111 cm³/mol. The number of ether oxygens (including phenoxy) is 1. The summed E-state index contributed by atoms with van der Waals surface area (Å²) in [6.45, 7) is 4.72. The summed E-state index contributed by atoms with van der Waals surface area (Å²) in [6, 6.07) is 11.7. The average molecular weight is 387 g/mol. The molecule has 29 heavy (non-hydrogen) atoms. The number of hydrogen-bond donors (Lipinski definition) is 0. The van der Waals surface area contributed by atoms with Crippen LogP contribution in [0.4, 0.5) is 4.39 Å². The van der Waals surface area contributed by atoms with Gasteiger partial charge in [0.25, 0.3) is 0 Å². The maximum absolute atomic E-state index is 14.5. The molecule has 4 aromatic rings. The molecule has 2 aromatic heterocycles. The Balaban J connectivity index is 1.52. The molecule has 0 spiro atoms. The lowest BCUT2D eigenvalue weighted by molar-refractivity contribution is 0.356. The molecule has 0 N–H and O–H groups in total. The van der Waals surface area contributed by atoms with Crippen LogP contribution in [0.3, 0.4) is 0 Å². The third-order valence-corrected chi connectivity index (χ3v) is 5.73. The first-order chi connectivity index (χ1) is 14.1. The van der Waals surface area contributed by atoms with Gasteiger partial charge in [-0.25, -0.2) is 14.4 Å². The van der Waals surface area contributed by atoms with Crippen molar-refractivity contribution in [2.24, 2.45) is 0 Å². The van der Waals surface area contributed by atoms with Gasteiger partial charge in [0, 0.05) is 30.2 Å². The topological polar surface area (TPSA) is 39.4 Å². The molecule has 146 valence electrons. The molecule has 3 heterocycles. The van der Waals surface area contributed by atoms with Crippen molar-refractivity contribution in [2.75, 3.05) is 6.61 Å². The Bertz CT molecular complexity index is 1210. The highest BCUT2D eigenvalue weighted by Gasteiger charge is 2.20. The number of fused-ring (bicyclic) bond motifs is 2. The second-order valence-electron chi connectivity index (χ2n) is 7.60. The Morgan fingerprint density at radius 2 is 1.86 bits per heavy atom. The highest BCUT2D eigenvalue weighted by molar-refractivity contribution is 5.81. The molecule has 5 rings (SSSR count). The molecular formula is C24H22FN3O. The normalized spacial score (nSPS) is 12.9. The van der Waals surface area contributed by atoms with Crippen LogP contribution in [0.2, 0.25) is 0 Å². The van der Waals surface area contributed by atoms with Gasteiger partial charge in [-0.05, 0) is 43.5 Å². The van der Waals surface area contributed by atoms with Gasteiger partial charge >= 0.3 is 0 Å². The molecule has 5 heteroatoms. The lowest BCUT2D eigenvalue weighted by atomic mass is 9.99. The third kappa shape index (κ3) is 3.07. The maximum Gasteiger partial charge on any atom is 0.126 e. The molecule has 0 bridgehead atoms. The lowest BCUT2D eigenvalue weighted by Gasteiger charge is -2.12. The minimum atomic E-state index is -0.163. The van der Waals surface area contributed by atoms with Gasteiger partial charge in [-0.2, -0.15) is 0 Å². The Morgan fingerprint density at radius 1 is 1.03 bits per heavy atom. The predicted octanol–water partition coefficient (Wildman–Crippen LogP) is 4.87. The van der Waals surface area contributed by atoms with E-state index in [1.807, 2.05) is 23.8 Å². The monoisotopic (exact) mass is 387 g/mol. The molecule has 0 atom stereocenters. The van der Waals surface area contributed by atoms with Crippen molar-refractivity contribution >= 4 is 5.52 Å². The van der Waals surface area contributed by atoms with E-state index in [0.29, 0.717) is 19.4 Å². The first-order valence-electron chi connectivity index (χ1n) is 9.93. The van der Waals surface area contributed by atoms with Crippen molar-refractivity contribution in [3.8, 4) is 16.9 Å². The van der Waals surface area contributed by atoms with E-state index in [-0.39, 0.29) is 5.82 Å². The van der Waals surface area contributed by atoms with Crippen molar-refractivity contribution in [1.82, 2.24) is 14.4 Å². The van der Waals surface area contributed by atoms with Crippen LogP contribution in [-0.2, 0) is 19.3 Å². The minimum Gasteiger partial charge on any atom is -0.493 e. The van der Waals surface area contributed by atoms with Gasteiger partial charge in [-0.3, -0.25) is 4.40 Å². The van der Waals surface area contributed by atoms with Crippen molar-refractivity contribution in [2.45, 2.75) is 33.1 Å².